The minimum absolute atomic E-state index is 0. The third-order valence-corrected chi connectivity index (χ3v) is 4.54. The molecular weight excluding hydrogens is 441 g/mol. The Labute approximate surface area is 178 Å². The minimum atomic E-state index is 0. The molecule has 1 atom stereocenters. The van der Waals surface area contributed by atoms with Gasteiger partial charge in [-0.15, -0.1) is 24.0 Å². The lowest BCUT2D eigenvalue weighted by Crippen LogP contribution is -2.50. The van der Waals surface area contributed by atoms with E-state index in [-0.39, 0.29) is 24.0 Å². The molecule has 7 heteroatoms. The van der Waals surface area contributed by atoms with Crippen LogP contribution in [0.25, 0.3) is 0 Å². The van der Waals surface area contributed by atoms with Gasteiger partial charge in [-0.25, -0.2) is 0 Å². The van der Waals surface area contributed by atoms with Gasteiger partial charge in [-0.2, -0.15) is 0 Å². The highest BCUT2D eigenvalue weighted by molar-refractivity contribution is 14.0. The van der Waals surface area contributed by atoms with Crippen LogP contribution in [0.5, 0.6) is 0 Å². The van der Waals surface area contributed by atoms with Crippen molar-refractivity contribution in [1.82, 2.24) is 20.4 Å². The normalized spacial score (nSPS) is 17.8. The highest BCUT2D eigenvalue weighted by atomic mass is 127. The van der Waals surface area contributed by atoms with Gasteiger partial charge in [0.05, 0.1) is 6.54 Å². The van der Waals surface area contributed by atoms with Crippen LogP contribution >= 0.6 is 24.0 Å². The van der Waals surface area contributed by atoms with Gasteiger partial charge >= 0.3 is 0 Å². The van der Waals surface area contributed by atoms with Gasteiger partial charge in [0, 0.05) is 58.5 Å². The van der Waals surface area contributed by atoms with Crippen molar-refractivity contribution in [3.63, 3.8) is 0 Å². The smallest absolute Gasteiger partial charge is 0.191 e. The molecule has 6 nitrogen and oxygen atoms in total. The molecule has 156 valence electrons. The lowest BCUT2D eigenvalue weighted by atomic mass is 10.2. The van der Waals surface area contributed by atoms with Crippen LogP contribution in [0.4, 0.5) is 0 Å². The fourth-order valence-electron chi connectivity index (χ4n) is 2.90. The van der Waals surface area contributed by atoms with E-state index < -0.39 is 0 Å². The first-order valence-corrected chi connectivity index (χ1v) is 10.1. The molecule has 0 radical (unpaired) electrons. The van der Waals surface area contributed by atoms with Crippen LogP contribution in [-0.2, 0) is 4.74 Å². The second-order valence-corrected chi connectivity index (χ2v) is 7.29. The summed E-state index contributed by atoms with van der Waals surface area (Å²) in [6.45, 7) is 21.1. The molecule has 0 aliphatic carbocycles. The number of guanidine groups is 1. The largest absolute Gasteiger partial charge is 0.381 e. The number of hydrogen-bond donors (Lipinski definition) is 2. The van der Waals surface area contributed by atoms with Crippen LogP contribution in [-0.4, -0.2) is 87.4 Å². The Morgan fingerprint density at radius 3 is 2.35 bits per heavy atom. The summed E-state index contributed by atoms with van der Waals surface area (Å²) >= 11 is 0. The molecule has 0 aromatic heterocycles. The Morgan fingerprint density at radius 1 is 1.08 bits per heavy atom. The van der Waals surface area contributed by atoms with Gasteiger partial charge in [0.15, 0.2) is 5.96 Å². The van der Waals surface area contributed by atoms with Gasteiger partial charge in [-0.3, -0.25) is 9.89 Å². The topological polar surface area (TPSA) is 52.1 Å². The van der Waals surface area contributed by atoms with Crippen molar-refractivity contribution in [3.05, 3.63) is 0 Å². The fourth-order valence-corrected chi connectivity index (χ4v) is 2.90. The van der Waals surface area contributed by atoms with Crippen molar-refractivity contribution >= 4 is 29.9 Å². The summed E-state index contributed by atoms with van der Waals surface area (Å²) in [4.78, 5) is 9.84. The maximum atomic E-state index is 5.62. The van der Waals surface area contributed by atoms with Crippen molar-refractivity contribution < 1.29 is 4.74 Å². The van der Waals surface area contributed by atoms with E-state index in [1.54, 1.807) is 0 Å². The van der Waals surface area contributed by atoms with Crippen LogP contribution in [0.3, 0.4) is 0 Å². The third kappa shape index (κ3) is 11.6. The third-order valence-electron chi connectivity index (χ3n) is 4.54. The molecule has 1 aliphatic rings. The molecular formula is C19H42IN5O. The molecule has 1 heterocycles. The zero-order valence-corrected chi connectivity index (χ0v) is 19.9. The molecule has 1 unspecified atom stereocenters. The summed E-state index contributed by atoms with van der Waals surface area (Å²) in [6, 6.07) is 0.490. The highest BCUT2D eigenvalue weighted by Crippen LogP contribution is 2.06. The van der Waals surface area contributed by atoms with E-state index in [1.807, 2.05) is 0 Å². The number of ether oxygens (including phenoxy) is 1. The van der Waals surface area contributed by atoms with Crippen molar-refractivity contribution in [3.8, 4) is 0 Å². The minimum Gasteiger partial charge on any atom is -0.381 e. The van der Waals surface area contributed by atoms with E-state index in [0.29, 0.717) is 12.0 Å². The maximum Gasteiger partial charge on any atom is 0.191 e. The second-order valence-electron chi connectivity index (χ2n) is 7.29. The number of halogens is 1. The molecule has 1 aliphatic heterocycles. The standard InChI is InChI=1S/C19H41N5O.HI/c1-6-20-19(21-9-8-14-25-16-17(3)4)22-15-18(5)24-12-10-23(7-2)11-13-24;/h17-18H,6-16H2,1-5H3,(H2,20,21,22);1H. The second kappa shape index (κ2) is 15.9. The number of piperazine rings is 1. The van der Waals surface area contributed by atoms with Gasteiger partial charge in [-0.05, 0) is 32.7 Å². The Hall–Kier alpha value is -0.120. The summed E-state index contributed by atoms with van der Waals surface area (Å²) in [6.07, 6.45) is 1.01. The average molecular weight is 483 g/mol. The number of nitrogens with zero attached hydrogens (tertiary/aromatic N) is 3. The van der Waals surface area contributed by atoms with Crippen molar-refractivity contribution in [2.45, 2.75) is 47.1 Å². The number of likely N-dealkylation sites (N-methyl/N-ethyl adjacent to an activating group) is 1. The Morgan fingerprint density at radius 2 is 1.77 bits per heavy atom. The summed E-state index contributed by atoms with van der Waals surface area (Å²) in [5.41, 5.74) is 0. The molecule has 1 rings (SSSR count). The summed E-state index contributed by atoms with van der Waals surface area (Å²) in [5, 5.41) is 6.75. The molecule has 0 spiro atoms. The van der Waals surface area contributed by atoms with Gasteiger partial charge in [-0.1, -0.05) is 20.8 Å². The quantitative estimate of drug-likeness (QED) is 0.204. The number of hydrogen-bond acceptors (Lipinski definition) is 4. The number of rotatable bonds is 11. The SMILES string of the molecule is CCNC(=NCC(C)N1CCN(CC)CC1)NCCCOCC(C)C.I. The van der Waals surface area contributed by atoms with Crippen molar-refractivity contribution in [1.29, 1.82) is 0 Å². The first-order chi connectivity index (χ1) is 12.1. The average Bonchev–Trinajstić information content (AvgIpc) is 2.62. The zero-order valence-electron chi connectivity index (χ0n) is 17.6. The molecule has 1 fully saturated rings. The number of aliphatic imine (C=N–C) groups is 1. The van der Waals surface area contributed by atoms with E-state index in [1.165, 1.54) is 13.1 Å². The van der Waals surface area contributed by atoms with Gasteiger partial charge in [0.1, 0.15) is 0 Å². The summed E-state index contributed by atoms with van der Waals surface area (Å²) in [5.74, 6) is 1.53. The monoisotopic (exact) mass is 483 g/mol. The molecule has 0 amide bonds. The van der Waals surface area contributed by atoms with E-state index in [2.05, 4.69) is 55.1 Å². The number of nitrogens with one attached hydrogen (secondary N) is 2. The lowest BCUT2D eigenvalue weighted by molar-refractivity contribution is 0.108. The molecule has 0 saturated carbocycles. The zero-order chi connectivity index (χ0) is 18.5. The Balaban J connectivity index is 0.00000625. The van der Waals surface area contributed by atoms with Gasteiger partial charge in [0.25, 0.3) is 0 Å². The van der Waals surface area contributed by atoms with Crippen molar-refractivity contribution in [2.24, 2.45) is 10.9 Å². The van der Waals surface area contributed by atoms with E-state index >= 15 is 0 Å². The predicted octanol–water partition coefficient (Wildman–Crippen LogP) is 2.25. The van der Waals surface area contributed by atoms with E-state index in [9.17, 15) is 0 Å². The Kier molecular flexibility index (Phi) is 15.8. The molecule has 1 saturated heterocycles. The van der Waals surface area contributed by atoms with Gasteiger partial charge < -0.3 is 20.3 Å². The Bertz CT molecular complexity index is 360. The first kappa shape index (κ1) is 25.9. The van der Waals surface area contributed by atoms with Crippen LogP contribution < -0.4 is 10.6 Å². The fraction of sp³-hybridized carbons (Fsp3) is 0.947. The van der Waals surface area contributed by atoms with E-state index in [4.69, 9.17) is 9.73 Å². The predicted molar refractivity (Wildman–Crippen MR) is 123 cm³/mol. The van der Waals surface area contributed by atoms with E-state index in [0.717, 1.165) is 64.9 Å². The molecule has 0 aromatic carbocycles. The van der Waals surface area contributed by atoms with Gasteiger partial charge in [0.2, 0.25) is 0 Å². The highest BCUT2D eigenvalue weighted by Gasteiger charge is 2.19. The summed E-state index contributed by atoms with van der Waals surface area (Å²) < 4.78 is 5.62. The lowest BCUT2D eigenvalue weighted by Gasteiger charge is -2.37. The molecule has 2 N–H and O–H groups in total. The summed E-state index contributed by atoms with van der Waals surface area (Å²) in [7, 11) is 0. The maximum absolute atomic E-state index is 5.62. The molecule has 26 heavy (non-hydrogen) atoms. The first-order valence-electron chi connectivity index (χ1n) is 10.1. The van der Waals surface area contributed by atoms with Crippen LogP contribution in [0, 0.1) is 5.92 Å². The van der Waals surface area contributed by atoms with Crippen LogP contribution in [0.2, 0.25) is 0 Å². The van der Waals surface area contributed by atoms with Crippen LogP contribution in [0.15, 0.2) is 4.99 Å². The molecule has 0 bridgehead atoms. The van der Waals surface area contributed by atoms with Crippen LogP contribution in [0.1, 0.15) is 41.0 Å². The van der Waals surface area contributed by atoms with Crippen molar-refractivity contribution in [2.75, 3.05) is 65.6 Å². The molecule has 0 aromatic rings.